The highest BCUT2D eigenvalue weighted by Gasteiger charge is 2.48. The largest absolute Gasteiger partial charge is 0.507 e. The molecule has 1 N–H and O–H groups in total. The Balaban J connectivity index is 1.71. The summed E-state index contributed by atoms with van der Waals surface area (Å²) in [6.45, 7) is 6.33. The van der Waals surface area contributed by atoms with Gasteiger partial charge >= 0.3 is 5.91 Å². The SMILES string of the molecule is CCOc1cccc(C(O)=C2C(=O)C(=O)N(c3nc4c(C)cc(C)cc4s3)C2c2ccccc2)c1. The number of aliphatic hydroxyl groups is 1. The molecule has 1 fully saturated rings. The van der Waals surface area contributed by atoms with Gasteiger partial charge in [-0.15, -0.1) is 0 Å². The lowest BCUT2D eigenvalue weighted by Crippen LogP contribution is -2.29. The highest BCUT2D eigenvalue weighted by Crippen LogP contribution is 2.44. The zero-order valence-corrected chi connectivity index (χ0v) is 20.4. The lowest BCUT2D eigenvalue weighted by Gasteiger charge is -2.23. The van der Waals surface area contributed by atoms with Gasteiger partial charge in [0.1, 0.15) is 11.5 Å². The number of hydrogen-bond acceptors (Lipinski definition) is 6. The van der Waals surface area contributed by atoms with Gasteiger partial charge in [-0.25, -0.2) is 4.98 Å². The van der Waals surface area contributed by atoms with Crippen molar-refractivity contribution in [3.63, 3.8) is 0 Å². The first kappa shape index (κ1) is 22.8. The van der Waals surface area contributed by atoms with E-state index in [-0.39, 0.29) is 11.3 Å². The van der Waals surface area contributed by atoms with Crippen molar-refractivity contribution in [3.05, 3.63) is 94.6 Å². The first-order valence-electron chi connectivity index (χ1n) is 11.4. The van der Waals surface area contributed by atoms with Crippen LogP contribution in [0.4, 0.5) is 5.13 Å². The minimum absolute atomic E-state index is 0.0296. The third kappa shape index (κ3) is 3.98. The Hall–Kier alpha value is -3.97. The second-order valence-corrected chi connectivity index (χ2v) is 9.47. The number of nitrogens with zero attached hydrogens (tertiary/aromatic N) is 2. The number of aromatic nitrogens is 1. The van der Waals surface area contributed by atoms with Gasteiger partial charge in [0.05, 0.1) is 28.4 Å². The van der Waals surface area contributed by atoms with Crippen LogP contribution in [0.3, 0.4) is 0 Å². The van der Waals surface area contributed by atoms with E-state index < -0.39 is 17.7 Å². The standard InChI is InChI=1S/C28H24N2O4S/c1-4-34-20-12-8-11-19(15-20)25(31)22-24(18-9-6-5-7-10-18)30(27(33)26(22)32)28-29-23-17(3)13-16(2)14-21(23)35-28/h5-15,24,31H,4H2,1-3H3. The van der Waals surface area contributed by atoms with E-state index in [2.05, 4.69) is 0 Å². The number of carbonyl (C=O) groups excluding carboxylic acids is 2. The Morgan fingerprint density at radius 2 is 1.83 bits per heavy atom. The van der Waals surface area contributed by atoms with Gasteiger partial charge in [0.2, 0.25) is 0 Å². The predicted octanol–water partition coefficient (Wildman–Crippen LogP) is 5.94. The Kier molecular flexibility index (Phi) is 5.86. The van der Waals surface area contributed by atoms with E-state index in [1.807, 2.05) is 63.2 Å². The molecule has 1 aliphatic heterocycles. The van der Waals surface area contributed by atoms with Gasteiger partial charge in [-0.3, -0.25) is 14.5 Å². The summed E-state index contributed by atoms with van der Waals surface area (Å²) in [7, 11) is 0. The summed E-state index contributed by atoms with van der Waals surface area (Å²) in [4.78, 5) is 32.9. The Labute approximate surface area is 207 Å². The van der Waals surface area contributed by atoms with E-state index in [0.717, 1.165) is 21.3 Å². The summed E-state index contributed by atoms with van der Waals surface area (Å²) < 4.78 is 6.50. The maximum atomic E-state index is 13.4. The fourth-order valence-electron chi connectivity index (χ4n) is 4.50. The molecule has 1 unspecified atom stereocenters. The number of ketones is 1. The summed E-state index contributed by atoms with van der Waals surface area (Å²) in [5, 5.41) is 11.7. The maximum absolute atomic E-state index is 13.4. The van der Waals surface area contributed by atoms with Crippen molar-refractivity contribution in [2.24, 2.45) is 0 Å². The van der Waals surface area contributed by atoms with E-state index in [0.29, 0.717) is 28.6 Å². The first-order valence-corrected chi connectivity index (χ1v) is 12.2. The molecule has 1 atom stereocenters. The van der Waals surface area contributed by atoms with Gasteiger partial charge in [-0.1, -0.05) is 59.9 Å². The minimum Gasteiger partial charge on any atom is -0.507 e. The number of rotatable bonds is 5. The normalized spacial score (nSPS) is 17.3. The van der Waals surface area contributed by atoms with Gasteiger partial charge in [-0.05, 0) is 55.7 Å². The molecule has 0 radical (unpaired) electrons. The molecule has 1 aromatic heterocycles. The quantitative estimate of drug-likeness (QED) is 0.215. The van der Waals surface area contributed by atoms with Crippen LogP contribution in [0.5, 0.6) is 5.75 Å². The summed E-state index contributed by atoms with van der Waals surface area (Å²) >= 11 is 1.36. The topological polar surface area (TPSA) is 79.7 Å². The van der Waals surface area contributed by atoms with Crippen molar-refractivity contribution in [2.75, 3.05) is 11.5 Å². The monoisotopic (exact) mass is 484 g/mol. The second kappa shape index (κ2) is 9.00. The third-order valence-corrected chi connectivity index (χ3v) is 7.00. The average Bonchev–Trinajstić information content (AvgIpc) is 3.38. The van der Waals surface area contributed by atoms with Crippen LogP contribution < -0.4 is 9.64 Å². The van der Waals surface area contributed by atoms with Crippen molar-refractivity contribution in [2.45, 2.75) is 26.8 Å². The molecule has 4 aromatic rings. The molecule has 1 saturated heterocycles. The van der Waals surface area contributed by atoms with Crippen molar-refractivity contribution in [1.82, 2.24) is 4.98 Å². The summed E-state index contributed by atoms with van der Waals surface area (Å²) in [6.07, 6.45) is 0. The second-order valence-electron chi connectivity index (χ2n) is 8.47. The number of carbonyl (C=O) groups is 2. The third-order valence-electron chi connectivity index (χ3n) is 6.00. The molecule has 1 aliphatic rings. The van der Waals surface area contributed by atoms with Crippen LogP contribution >= 0.6 is 11.3 Å². The molecule has 0 spiro atoms. The van der Waals surface area contributed by atoms with Crippen molar-refractivity contribution >= 4 is 44.1 Å². The summed E-state index contributed by atoms with van der Waals surface area (Å²) in [6, 6.07) is 19.4. The van der Waals surface area contributed by atoms with E-state index in [9.17, 15) is 14.7 Å². The van der Waals surface area contributed by atoms with Crippen LogP contribution in [0.1, 0.15) is 35.2 Å². The molecular formula is C28H24N2O4S. The van der Waals surface area contributed by atoms with E-state index >= 15 is 0 Å². The molecule has 0 saturated carbocycles. The van der Waals surface area contributed by atoms with Crippen LogP contribution in [-0.2, 0) is 9.59 Å². The lowest BCUT2D eigenvalue weighted by atomic mass is 9.95. The van der Waals surface area contributed by atoms with Crippen LogP contribution in [0.25, 0.3) is 16.0 Å². The Morgan fingerprint density at radius 1 is 1.06 bits per heavy atom. The maximum Gasteiger partial charge on any atom is 0.301 e. The van der Waals surface area contributed by atoms with Crippen LogP contribution in [0, 0.1) is 13.8 Å². The molecule has 1 amide bonds. The van der Waals surface area contributed by atoms with Crippen LogP contribution in [0.15, 0.2) is 72.3 Å². The van der Waals surface area contributed by atoms with E-state index in [1.54, 1.807) is 24.3 Å². The minimum atomic E-state index is -0.811. The highest BCUT2D eigenvalue weighted by atomic mass is 32.1. The van der Waals surface area contributed by atoms with Crippen molar-refractivity contribution in [1.29, 1.82) is 0 Å². The van der Waals surface area contributed by atoms with Crippen molar-refractivity contribution < 1.29 is 19.4 Å². The van der Waals surface area contributed by atoms with Crippen molar-refractivity contribution in [3.8, 4) is 5.75 Å². The number of amides is 1. The van der Waals surface area contributed by atoms with E-state index in [4.69, 9.17) is 9.72 Å². The van der Waals surface area contributed by atoms with Gasteiger partial charge < -0.3 is 9.84 Å². The number of hydrogen-bond donors (Lipinski definition) is 1. The first-order chi connectivity index (χ1) is 16.9. The zero-order chi connectivity index (χ0) is 24.7. The smallest absolute Gasteiger partial charge is 0.301 e. The molecule has 0 aliphatic carbocycles. The molecule has 35 heavy (non-hydrogen) atoms. The molecule has 3 aromatic carbocycles. The summed E-state index contributed by atoms with van der Waals surface area (Å²) in [5.74, 6) is -1.13. The lowest BCUT2D eigenvalue weighted by molar-refractivity contribution is -0.132. The number of fused-ring (bicyclic) bond motifs is 1. The fraction of sp³-hybridized carbons (Fsp3) is 0.179. The number of aliphatic hydroxyl groups excluding tert-OH is 1. The summed E-state index contributed by atoms with van der Waals surface area (Å²) in [5.41, 5.74) is 4.05. The molecule has 176 valence electrons. The molecule has 2 heterocycles. The molecule has 7 heteroatoms. The van der Waals surface area contributed by atoms with Crippen LogP contribution in [-0.4, -0.2) is 28.4 Å². The molecular weight excluding hydrogens is 460 g/mol. The molecule has 5 rings (SSSR count). The highest BCUT2D eigenvalue weighted by molar-refractivity contribution is 7.22. The number of anilines is 1. The Bertz CT molecular complexity index is 1490. The number of benzene rings is 3. The van der Waals surface area contributed by atoms with Gasteiger partial charge in [-0.2, -0.15) is 0 Å². The van der Waals surface area contributed by atoms with Gasteiger partial charge in [0.15, 0.2) is 5.13 Å². The molecule has 6 nitrogen and oxygen atoms in total. The molecule has 0 bridgehead atoms. The number of ether oxygens (including phenoxy) is 1. The van der Waals surface area contributed by atoms with E-state index in [1.165, 1.54) is 16.2 Å². The van der Waals surface area contributed by atoms with Gasteiger partial charge in [0.25, 0.3) is 5.78 Å². The fourth-order valence-corrected chi connectivity index (χ4v) is 5.67. The van der Waals surface area contributed by atoms with Gasteiger partial charge in [0, 0.05) is 5.56 Å². The number of aryl methyl sites for hydroxylation is 2. The average molecular weight is 485 g/mol. The number of Topliss-reactive ketones (excluding diaryl/α,β-unsaturated/α-hetero) is 1. The Morgan fingerprint density at radius 3 is 2.57 bits per heavy atom. The number of thiazole rings is 1. The zero-order valence-electron chi connectivity index (χ0n) is 19.6. The van der Waals surface area contributed by atoms with Crippen LogP contribution in [0.2, 0.25) is 0 Å². The predicted molar refractivity (Wildman–Crippen MR) is 138 cm³/mol.